The van der Waals surface area contributed by atoms with Crippen LogP contribution in [0.15, 0.2) is 39.8 Å². The van der Waals surface area contributed by atoms with Gasteiger partial charge in [-0.3, -0.25) is 4.79 Å². The quantitative estimate of drug-likeness (QED) is 0.524. The molecule has 2 rings (SSSR count). The topological polar surface area (TPSA) is 153 Å². The van der Waals surface area contributed by atoms with Gasteiger partial charge < -0.3 is 16.4 Å². The second kappa shape index (κ2) is 7.55. The van der Waals surface area contributed by atoms with Crippen LogP contribution in [0.2, 0.25) is 0 Å². The van der Waals surface area contributed by atoms with Crippen LogP contribution in [0.4, 0.5) is 17.5 Å². The Labute approximate surface area is 147 Å². The Morgan fingerprint density at radius 2 is 1.92 bits per heavy atom. The summed E-state index contributed by atoms with van der Waals surface area (Å²) in [7, 11) is -3.74. The normalized spacial score (nSPS) is 11.1. The Kier molecular flexibility index (Phi) is 5.70. The molecule has 1 amide bonds. The number of primary sulfonamides is 1. The number of nitrogens with zero attached hydrogens (tertiary/aromatic N) is 2. The average molecular weight is 415 g/mol. The van der Waals surface area contributed by atoms with Gasteiger partial charge in [0, 0.05) is 24.8 Å². The molecule has 9 nitrogen and oxygen atoms in total. The van der Waals surface area contributed by atoms with Crippen molar-refractivity contribution in [3.8, 4) is 0 Å². The lowest BCUT2D eigenvalue weighted by atomic mass is 10.3. The fraction of sp³-hybridized carbons (Fsp3) is 0.154. The van der Waals surface area contributed by atoms with E-state index in [9.17, 15) is 13.2 Å². The van der Waals surface area contributed by atoms with Crippen molar-refractivity contribution in [3.05, 3.63) is 34.9 Å². The third-order valence-corrected chi connectivity index (χ3v) is 4.36. The Hall–Kier alpha value is -2.24. The summed E-state index contributed by atoms with van der Waals surface area (Å²) in [5.41, 5.74) is 5.67. The number of hydrogen-bond donors (Lipinski definition) is 4. The Balaban J connectivity index is 2.11. The summed E-state index contributed by atoms with van der Waals surface area (Å²) in [4.78, 5) is 19.1. The number of hydrogen-bond acceptors (Lipinski definition) is 7. The van der Waals surface area contributed by atoms with E-state index in [-0.39, 0.29) is 11.3 Å². The Morgan fingerprint density at radius 3 is 2.50 bits per heavy atom. The first-order valence-corrected chi connectivity index (χ1v) is 9.04. The zero-order valence-electron chi connectivity index (χ0n) is 12.4. The summed E-state index contributed by atoms with van der Waals surface area (Å²) in [5, 5.41) is 10.9. The van der Waals surface area contributed by atoms with Crippen LogP contribution >= 0.6 is 15.9 Å². The van der Waals surface area contributed by atoms with Crippen molar-refractivity contribution in [2.45, 2.75) is 11.3 Å². The minimum atomic E-state index is -3.74. The predicted octanol–water partition coefficient (Wildman–Crippen LogP) is 0.917. The predicted molar refractivity (Wildman–Crippen MR) is 93.1 cm³/mol. The number of carbonyl (C=O) groups is 1. The van der Waals surface area contributed by atoms with E-state index in [1.165, 1.54) is 12.1 Å². The molecule has 0 bridgehead atoms. The van der Waals surface area contributed by atoms with Crippen molar-refractivity contribution >= 4 is 49.3 Å². The number of amides is 1. The molecule has 0 aliphatic heterocycles. The van der Waals surface area contributed by atoms with Gasteiger partial charge in [0.25, 0.3) is 0 Å². The molecular weight excluding hydrogens is 400 g/mol. The largest absolute Gasteiger partial charge is 0.370 e. The lowest BCUT2D eigenvalue weighted by molar-refractivity contribution is -0.117. The fourth-order valence-corrected chi connectivity index (χ4v) is 2.56. The number of carbonyl (C=O) groups excluding carboxylic acids is 1. The summed E-state index contributed by atoms with van der Waals surface area (Å²) in [6, 6.07) is 5.85. The van der Waals surface area contributed by atoms with E-state index in [1.807, 2.05) is 0 Å². The van der Waals surface area contributed by atoms with Gasteiger partial charge in [0.2, 0.25) is 21.9 Å². The molecule has 0 spiro atoms. The number of nitrogens with one attached hydrogen (secondary N) is 2. The molecule has 24 heavy (non-hydrogen) atoms. The number of nitrogens with two attached hydrogens (primary N) is 2. The molecule has 6 N–H and O–H groups in total. The van der Waals surface area contributed by atoms with Gasteiger partial charge in [-0.2, -0.15) is 4.98 Å². The molecule has 0 saturated heterocycles. The number of halogens is 1. The van der Waals surface area contributed by atoms with Gasteiger partial charge in [0.05, 0.1) is 9.37 Å². The molecule has 0 atom stereocenters. The van der Waals surface area contributed by atoms with Crippen LogP contribution in [0.1, 0.15) is 6.42 Å². The molecule has 11 heteroatoms. The van der Waals surface area contributed by atoms with Gasteiger partial charge in [0.1, 0.15) is 5.82 Å². The SMILES string of the molecule is NC(=O)CCNc1nc(Nc2ccc(S(N)(=O)=O)cc2)ncc1Br. The maximum atomic E-state index is 11.2. The highest BCUT2D eigenvalue weighted by atomic mass is 79.9. The van der Waals surface area contributed by atoms with Gasteiger partial charge >= 0.3 is 0 Å². The summed E-state index contributed by atoms with van der Waals surface area (Å²) >= 11 is 3.30. The number of benzene rings is 1. The number of aromatic nitrogens is 2. The molecule has 1 aromatic carbocycles. The van der Waals surface area contributed by atoms with Crippen LogP contribution in [0.5, 0.6) is 0 Å². The van der Waals surface area contributed by atoms with Crippen LogP contribution in [0.3, 0.4) is 0 Å². The Morgan fingerprint density at radius 1 is 1.25 bits per heavy atom. The van der Waals surface area contributed by atoms with Crippen LogP contribution < -0.4 is 21.5 Å². The van der Waals surface area contributed by atoms with Gasteiger partial charge in [-0.1, -0.05) is 0 Å². The highest BCUT2D eigenvalue weighted by molar-refractivity contribution is 9.10. The fourth-order valence-electron chi connectivity index (χ4n) is 1.71. The van der Waals surface area contributed by atoms with Crippen LogP contribution in [-0.4, -0.2) is 30.8 Å². The smallest absolute Gasteiger partial charge is 0.238 e. The molecule has 1 aromatic heterocycles. The molecule has 0 saturated carbocycles. The van der Waals surface area contributed by atoms with E-state index in [4.69, 9.17) is 10.9 Å². The summed E-state index contributed by atoms with van der Waals surface area (Å²) < 4.78 is 23.1. The Bertz CT molecular complexity index is 841. The average Bonchev–Trinajstić information content (AvgIpc) is 2.50. The van der Waals surface area contributed by atoms with Gasteiger partial charge in [0.15, 0.2) is 0 Å². The molecule has 0 unspecified atom stereocenters. The highest BCUT2D eigenvalue weighted by Gasteiger charge is 2.08. The van der Waals surface area contributed by atoms with E-state index < -0.39 is 15.9 Å². The third kappa shape index (κ3) is 5.15. The van der Waals surface area contributed by atoms with Crippen LogP contribution in [-0.2, 0) is 14.8 Å². The third-order valence-electron chi connectivity index (χ3n) is 2.85. The first-order valence-electron chi connectivity index (χ1n) is 6.70. The van der Waals surface area contributed by atoms with E-state index in [1.54, 1.807) is 18.3 Å². The number of rotatable bonds is 7. The standard InChI is InChI=1S/C13H15BrN6O3S/c14-10-7-18-13(20-12(10)17-6-5-11(15)21)19-8-1-3-9(4-2-8)24(16,22)23/h1-4,7H,5-6H2,(H2,15,21)(H2,16,22,23)(H2,17,18,19,20). The maximum Gasteiger partial charge on any atom is 0.238 e. The summed E-state index contributed by atoms with van der Waals surface area (Å²) in [6.07, 6.45) is 1.72. The first-order chi connectivity index (χ1) is 11.3. The number of primary amides is 1. The lowest BCUT2D eigenvalue weighted by Gasteiger charge is -2.10. The number of anilines is 3. The minimum absolute atomic E-state index is 0.0126. The minimum Gasteiger partial charge on any atom is -0.370 e. The maximum absolute atomic E-state index is 11.2. The zero-order valence-corrected chi connectivity index (χ0v) is 14.8. The van der Waals surface area contributed by atoms with Gasteiger partial charge in [-0.25, -0.2) is 18.5 Å². The van der Waals surface area contributed by atoms with Crippen LogP contribution in [0.25, 0.3) is 0 Å². The van der Waals surface area contributed by atoms with Crippen LogP contribution in [0, 0.1) is 0 Å². The summed E-state index contributed by atoms with van der Waals surface area (Å²) in [6.45, 7) is 0.341. The van der Waals surface area contributed by atoms with Crippen molar-refractivity contribution < 1.29 is 13.2 Å². The zero-order chi connectivity index (χ0) is 17.7. The van der Waals surface area contributed by atoms with Crippen molar-refractivity contribution in [2.75, 3.05) is 17.2 Å². The van der Waals surface area contributed by atoms with Gasteiger partial charge in [-0.05, 0) is 40.2 Å². The van der Waals surface area contributed by atoms with E-state index in [0.29, 0.717) is 28.5 Å². The molecule has 0 aliphatic rings. The molecule has 0 aliphatic carbocycles. The monoisotopic (exact) mass is 414 g/mol. The molecule has 2 aromatic rings. The van der Waals surface area contributed by atoms with Crippen molar-refractivity contribution in [1.29, 1.82) is 0 Å². The van der Waals surface area contributed by atoms with Crippen molar-refractivity contribution in [3.63, 3.8) is 0 Å². The van der Waals surface area contributed by atoms with E-state index in [0.717, 1.165) is 0 Å². The lowest BCUT2D eigenvalue weighted by Crippen LogP contribution is -2.16. The first kappa shape index (κ1) is 18.1. The highest BCUT2D eigenvalue weighted by Crippen LogP contribution is 2.22. The second-order valence-corrected chi connectivity index (χ2v) is 7.14. The van der Waals surface area contributed by atoms with Crippen molar-refractivity contribution in [2.24, 2.45) is 10.9 Å². The molecule has 1 heterocycles. The molecular formula is C13H15BrN6O3S. The summed E-state index contributed by atoms with van der Waals surface area (Å²) in [5.74, 6) is 0.374. The molecule has 0 radical (unpaired) electrons. The molecule has 0 fully saturated rings. The second-order valence-electron chi connectivity index (χ2n) is 4.73. The van der Waals surface area contributed by atoms with E-state index in [2.05, 4.69) is 36.5 Å². The van der Waals surface area contributed by atoms with Crippen molar-refractivity contribution in [1.82, 2.24) is 9.97 Å². The van der Waals surface area contributed by atoms with Gasteiger partial charge in [-0.15, -0.1) is 0 Å². The number of sulfonamides is 1. The van der Waals surface area contributed by atoms with E-state index >= 15 is 0 Å². The molecule has 128 valence electrons.